The number of pyridine rings is 1. The molecule has 0 amide bonds. The second kappa shape index (κ2) is 5.11. The molecule has 0 unspecified atom stereocenters. The van der Waals surface area contributed by atoms with E-state index in [2.05, 4.69) is 20.9 Å². The Morgan fingerprint density at radius 3 is 2.71 bits per heavy atom. The van der Waals surface area contributed by atoms with E-state index in [1.54, 1.807) is 0 Å². The Hall–Kier alpha value is -0.110. The van der Waals surface area contributed by atoms with Crippen LogP contribution in [0.5, 0.6) is 0 Å². The van der Waals surface area contributed by atoms with Gasteiger partial charge in [0.05, 0.1) is 0 Å². The molecule has 1 aromatic heterocycles. The minimum Gasteiger partial charge on any atom is -0.298 e. The molecule has 1 rings (SSSR count). The van der Waals surface area contributed by atoms with Gasteiger partial charge in [0.25, 0.3) is 6.43 Å². The van der Waals surface area contributed by atoms with Crippen LogP contribution < -0.4 is 0 Å². The van der Waals surface area contributed by atoms with E-state index in [-0.39, 0.29) is 11.1 Å². The molecular weight excluding hydrogens is 371 g/mol. The van der Waals surface area contributed by atoms with Gasteiger partial charge in [-0.05, 0) is 22.6 Å². The summed E-state index contributed by atoms with van der Waals surface area (Å²) >= 11 is 5.04. The van der Waals surface area contributed by atoms with Crippen molar-refractivity contribution in [1.29, 1.82) is 0 Å². The van der Waals surface area contributed by atoms with Gasteiger partial charge in [-0.3, -0.25) is 4.79 Å². The molecule has 0 N–H and O–H groups in total. The summed E-state index contributed by atoms with van der Waals surface area (Å²) in [5.41, 5.74) is 0.240. The van der Waals surface area contributed by atoms with Gasteiger partial charge in [0.15, 0.2) is 6.29 Å². The molecule has 0 aliphatic rings. The number of halogens is 4. The minimum atomic E-state index is -2.67. The molecule has 0 spiro atoms. The first-order valence-electron chi connectivity index (χ1n) is 3.58. The van der Waals surface area contributed by atoms with Crippen molar-refractivity contribution in [2.75, 3.05) is 0 Å². The Labute approximate surface area is 101 Å². The van der Waals surface area contributed by atoms with Crippen LogP contribution in [0.4, 0.5) is 8.78 Å². The average Bonchev–Trinajstić information content (AvgIpc) is 2.16. The molecule has 0 fully saturated rings. The number of rotatable bonds is 3. The molecule has 14 heavy (non-hydrogen) atoms. The van der Waals surface area contributed by atoms with E-state index in [0.717, 1.165) is 6.20 Å². The van der Waals surface area contributed by atoms with Crippen LogP contribution in [0.25, 0.3) is 0 Å². The third-order valence-corrected chi connectivity index (χ3v) is 3.18. The zero-order chi connectivity index (χ0) is 10.7. The highest BCUT2D eigenvalue weighted by Crippen LogP contribution is 2.27. The van der Waals surface area contributed by atoms with Gasteiger partial charge in [0.2, 0.25) is 0 Å². The molecule has 0 aromatic carbocycles. The molecule has 0 bridgehead atoms. The van der Waals surface area contributed by atoms with Gasteiger partial charge in [0, 0.05) is 28.2 Å². The first-order valence-corrected chi connectivity index (χ1v) is 5.78. The molecule has 0 aliphatic heterocycles. The smallest absolute Gasteiger partial charge is 0.266 e. The van der Waals surface area contributed by atoms with E-state index in [1.807, 2.05) is 22.6 Å². The summed E-state index contributed by atoms with van der Waals surface area (Å²) in [6, 6.07) is 0. The van der Waals surface area contributed by atoms with E-state index in [1.165, 1.54) is 0 Å². The Bertz CT molecular complexity index is 359. The molecule has 0 aliphatic carbocycles. The highest BCUT2D eigenvalue weighted by molar-refractivity contribution is 14.1. The van der Waals surface area contributed by atoms with Crippen molar-refractivity contribution < 1.29 is 13.6 Å². The molecule has 6 heteroatoms. The van der Waals surface area contributed by atoms with Crippen LogP contribution in [0.2, 0.25) is 0 Å². The summed E-state index contributed by atoms with van der Waals surface area (Å²) in [4.78, 5) is 14.5. The fourth-order valence-corrected chi connectivity index (χ4v) is 2.71. The maximum absolute atomic E-state index is 12.4. The summed E-state index contributed by atoms with van der Waals surface area (Å²) in [5, 5.41) is 0.340. The topological polar surface area (TPSA) is 30.0 Å². The lowest BCUT2D eigenvalue weighted by Crippen LogP contribution is -2.03. The number of aromatic nitrogens is 1. The number of hydrogen-bond acceptors (Lipinski definition) is 2. The molecule has 76 valence electrons. The number of alkyl halides is 3. The molecule has 0 atom stereocenters. The first-order chi connectivity index (χ1) is 6.61. The van der Waals surface area contributed by atoms with Crippen molar-refractivity contribution in [2.45, 2.75) is 11.8 Å². The van der Waals surface area contributed by atoms with Gasteiger partial charge in [-0.15, -0.1) is 0 Å². The zero-order valence-electron chi connectivity index (χ0n) is 6.81. The molecule has 1 aromatic rings. The fraction of sp³-hybridized carbons (Fsp3) is 0.250. The number of aldehydes is 1. The van der Waals surface area contributed by atoms with Crippen LogP contribution in [0.1, 0.15) is 27.9 Å². The van der Waals surface area contributed by atoms with Gasteiger partial charge in [0.1, 0.15) is 3.70 Å². The van der Waals surface area contributed by atoms with Crippen molar-refractivity contribution in [1.82, 2.24) is 4.98 Å². The van der Waals surface area contributed by atoms with Crippen molar-refractivity contribution >= 4 is 44.8 Å². The lowest BCUT2D eigenvalue weighted by molar-refractivity contribution is 0.110. The Kier molecular flexibility index (Phi) is 4.36. The van der Waals surface area contributed by atoms with Gasteiger partial charge < -0.3 is 0 Å². The molecule has 2 nitrogen and oxygen atoms in total. The number of carbonyl (C=O) groups is 1. The van der Waals surface area contributed by atoms with Gasteiger partial charge >= 0.3 is 0 Å². The Morgan fingerprint density at radius 1 is 1.64 bits per heavy atom. The van der Waals surface area contributed by atoms with Crippen LogP contribution in [0, 0.1) is 3.70 Å². The maximum atomic E-state index is 12.4. The van der Waals surface area contributed by atoms with Gasteiger partial charge in [-0.25, -0.2) is 13.8 Å². The van der Waals surface area contributed by atoms with Crippen molar-refractivity contribution in [3.8, 4) is 0 Å². The third-order valence-electron chi connectivity index (χ3n) is 1.69. The van der Waals surface area contributed by atoms with E-state index < -0.39 is 6.43 Å². The molecule has 0 saturated heterocycles. The van der Waals surface area contributed by atoms with Crippen LogP contribution in [0.3, 0.4) is 0 Å². The fourth-order valence-electron chi connectivity index (χ4n) is 0.999. The molecule has 0 radical (unpaired) electrons. The van der Waals surface area contributed by atoms with E-state index in [9.17, 15) is 13.6 Å². The first kappa shape index (κ1) is 12.0. The number of nitrogens with zero attached hydrogens (tertiary/aromatic N) is 1. The van der Waals surface area contributed by atoms with Gasteiger partial charge in [-0.2, -0.15) is 0 Å². The van der Waals surface area contributed by atoms with Gasteiger partial charge in [-0.1, -0.05) is 15.9 Å². The van der Waals surface area contributed by atoms with Crippen molar-refractivity contribution in [3.63, 3.8) is 0 Å². The highest BCUT2D eigenvalue weighted by Gasteiger charge is 2.18. The molecule has 0 saturated carbocycles. The van der Waals surface area contributed by atoms with E-state index in [0.29, 0.717) is 20.9 Å². The normalized spacial score (nSPS) is 10.6. The zero-order valence-corrected chi connectivity index (χ0v) is 10.5. The van der Waals surface area contributed by atoms with Crippen LogP contribution in [-0.4, -0.2) is 11.3 Å². The van der Waals surface area contributed by atoms with Crippen molar-refractivity contribution in [3.05, 3.63) is 26.6 Å². The summed E-state index contributed by atoms with van der Waals surface area (Å²) in [6.07, 6.45) is -1.18. The average molecular weight is 376 g/mol. The lowest BCUT2D eigenvalue weighted by atomic mass is 10.1. The standard InChI is InChI=1S/C8H5BrF2INO/c9-1-4-6(3-14)5(7(10)11)2-13-8(4)12/h2-3,7H,1H2. The van der Waals surface area contributed by atoms with Crippen LogP contribution in [0.15, 0.2) is 6.20 Å². The Morgan fingerprint density at radius 2 is 2.29 bits per heavy atom. The second-order valence-electron chi connectivity index (χ2n) is 2.45. The third kappa shape index (κ3) is 2.28. The largest absolute Gasteiger partial charge is 0.298 e. The highest BCUT2D eigenvalue weighted by atomic mass is 127. The summed E-state index contributed by atoms with van der Waals surface area (Å²) in [7, 11) is 0. The summed E-state index contributed by atoms with van der Waals surface area (Å²) in [5.74, 6) is 0. The minimum absolute atomic E-state index is 0.0382. The predicted octanol–water partition coefficient (Wildman–Crippen LogP) is 3.33. The van der Waals surface area contributed by atoms with E-state index in [4.69, 9.17) is 0 Å². The second-order valence-corrected chi connectivity index (χ2v) is 4.03. The molecular formula is C8H5BrF2INO. The van der Waals surface area contributed by atoms with E-state index >= 15 is 0 Å². The number of carbonyl (C=O) groups excluding carboxylic acids is 1. The molecule has 1 heterocycles. The monoisotopic (exact) mass is 375 g/mol. The maximum Gasteiger partial charge on any atom is 0.266 e. The van der Waals surface area contributed by atoms with Crippen LogP contribution in [-0.2, 0) is 5.33 Å². The summed E-state index contributed by atoms with van der Waals surface area (Å²) < 4.78 is 25.5. The Balaban J connectivity index is 3.40. The van der Waals surface area contributed by atoms with Crippen LogP contribution >= 0.6 is 38.5 Å². The lowest BCUT2D eigenvalue weighted by Gasteiger charge is -2.08. The predicted molar refractivity (Wildman–Crippen MR) is 59.9 cm³/mol. The number of hydrogen-bond donors (Lipinski definition) is 0. The quantitative estimate of drug-likeness (QED) is 0.351. The SMILES string of the molecule is O=Cc1c(C(F)F)cnc(I)c1CBr. The summed E-state index contributed by atoms with van der Waals surface area (Å²) in [6.45, 7) is 0. The van der Waals surface area contributed by atoms with Crippen molar-refractivity contribution in [2.24, 2.45) is 0 Å².